The fourth-order valence-corrected chi connectivity index (χ4v) is 2.00. The molecule has 3 nitrogen and oxygen atoms in total. The number of hydrogen-bond acceptors (Lipinski definition) is 2. The van der Waals surface area contributed by atoms with Crippen LogP contribution < -0.4 is 4.90 Å². The molecule has 0 aliphatic carbocycles. The van der Waals surface area contributed by atoms with E-state index in [0.29, 0.717) is 6.54 Å². The van der Waals surface area contributed by atoms with Crippen LogP contribution in [-0.4, -0.2) is 24.2 Å². The standard InChI is InChI=1S/C11H13NO2.ClH/c1-2-12-7-9(11(13)14)8-5-3-4-6-10(8)12;/h3-6,9H,2,7H2,1H3,(H,13,14);1H. The van der Waals surface area contributed by atoms with Crippen molar-refractivity contribution < 1.29 is 9.90 Å². The molecular formula is C11H14ClNO2. The van der Waals surface area contributed by atoms with E-state index in [-0.39, 0.29) is 18.3 Å². The Morgan fingerprint density at radius 1 is 1.53 bits per heavy atom. The zero-order valence-corrected chi connectivity index (χ0v) is 9.33. The monoisotopic (exact) mass is 227 g/mol. The number of carbonyl (C=O) groups is 1. The highest BCUT2D eigenvalue weighted by molar-refractivity contribution is 5.85. The van der Waals surface area contributed by atoms with Crippen molar-refractivity contribution in [2.45, 2.75) is 12.8 Å². The average Bonchev–Trinajstić information content (AvgIpc) is 2.56. The van der Waals surface area contributed by atoms with Gasteiger partial charge < -0.3 is 10.0 Å². The summed E-state index contributed by atoms with van der Waals surface area (Å²) >= 11 is 0. The van der Waals surface area contributed by atoms with E-state index >= 15 is 0 Å². The van der Waals surface area contributed by atoms with Gasteiger partial charge in [-0.1, -0.05) is 18.2 Å². The average molecular weight is 228 g/mol. The van der Waals surface area contributed by atoms with Crippen LogP contribution in [0.4, 0.5) is 5.69 Å². The number of halogens is 1. The number of benzene rings is 1. The number of likely N-dealkylation sites (N-methyl/N-ethyl adjacent to an activating group) is 1. The lowest BCUT2D eigenvalue weighted by Gasteiger charge is -2.16. The molecule has 4 heteroatoms. The summed E-state index contributed by atoms with van der Waals surface area (Å²) in [5, 5.41) is 9.05. The topological polar surface area (TPSA) is 40.5 Å². The molecule has 1 aromatic carbocycles. The second-order valence-corrected chi connectivity index (χ2v) is 3.49. The number of nitrogens with zero attached hydrogens (tertiary/aromatic N) is 1. The Morgan fingerprint density at radius 3 is 2.80 bits per heavy atom. The molecule has 0 spiro atoms. The van der Waals surface area contributed by atoms with Gasteiger partial charge >= 0.3 is 5.97 Å². The number of aliphatic carboxylic acids is 1. The van der Waals surface area contributed by atoms with Crippen LogP contribution in [0, 0.1) is 0 Å². The van der Waals surface area contributed by atoms with E-state index in [0.717, 1.165) is 17.8 Å². The largest absolute Gasteiger partial charge is 0.481 e. The fourth-order valence-electron chi connectivity index (χ4n) is 2.00. The summed E-state index contributed by atoms with van der Waals surface area (Å²) in [5.74, 6) is -1.08. The van der Waals surface area contributed by atoms with Gasteiger partial charge in [-0.05, 0) is 18.6 Å². The number of carboxylic acid groups (broad SMARTS) is 1. The van der Waals surface area contributed by atoms with Gasteiger partial charge in [-0.3, -0.25) is 4.79 Å². The predicted octanol–water partition coefficient (Wildman–Crippen LogP) is 2.12. The van der Waals surface area contributed by atoms with Crippen LogP contribution in [0.3, 0.4) is 0 Å². The van der Waals surface area contributed by atoms with Gasteiger partial charge in [0.15, 0.2) is 0 Å². The third-order valence-electron chi connectivity index (χ3n) is 2.74. The molecular weight excluding hydrogens is 214 g/mol. The molecule has 0 radical (unpaired) electrons. The van der Waals surface area contributed by atoms with Gasteiger partial charge in [0.05, 0.1) is 0 Å². The highest BCUT2D eigenvalue weighted by Crippen LogP contribution is 2.35. The predicted molar refractivity (Wildman–Crippen MR) is 62.0 cm³/mol. The minimum absolute atomic E-state index is 0. The lowest BCUT2D eigenvalue weighted by atomic mass is 10.0. The van der Waals surface area contributed by atoms with Crippen molar-refractivity contribution in [2.75, 3.05) is 18.0 Å². The highest BCUT2D eigenvalue weighted by atomic mass is 35.5. The molecule has 1 aliphatic rings. The third-order valence-corrected chi connectivity index (χ3v) is 2.74. The Labute approximate surface area is 95.1 Å². The molecule has 2 rings (SSSR count). The lowest BCUT2D eigenvalue weighted by Crippen LogP contribution is -2.23. The van der Waals surface area contributed by atoms with Crippen LogP contribution in [0.2, 0.25) is 0 Å². The number of rotatable bonds is 2. The SMILES string of the molecule is CCN1CC(C(=O)O)c2ccccc21.Cl. The quantitative estimate of drug-likeness (QED) is 0.842. The first-order chi connectivity index (χ1) is 6.74. The number of hydrogen-bond donors (Lipinski definition) is 1. The van der Waals surface area contributed by atoms with Gasteiger partial charge in [0.1, 0.15) is 5.92 Å². The van der Waals surface area contributed by atoms with Crippen LogP contribution in [0.5, 0.6) is 0 Å². The Hall–Kier alpha value is -1.22. The maximum Gasteiger partial charge on any atom is 0.312 e. The van der Waals surface area contributed by atoms with Crippen molar-refractivity contribution >= 4 is 24.1 Å². The lowest BCUT2D eigenvalue weighted by molar-refractivity contribution is -0.138. The number of carboxylic acids is 1. The molecule has 15 heavy (non-hydrogen) atoms. The molecule has 1 heterocycles. The Balaban J connectivity index is 0.00000112. The first-order valence-corrected chi connectivity index (χ1v) is 4.80. The van der Waals surface area contributed by atoms with E-state index in [9.17, 15) is 4.79 Å². The summed E-state index contributed by atoms with van der Waals surface area (Å²) < 4.78 is 0. The van der Waals surface area contributed by atoms with E-state index in [1.807, 2.05) is 31.2 Å². The first-order valence-electron chi connectivity index (χ1n) is 4.80. The van der Waals surface area contributed by atoms with Gasteiger partial charge in [0, 0.05) is 18.8 Å². The maximum absolute atomic E-state index is 11.0. The van der Waals surface area contributed by atoms with E-state index in [1.165, 1.54) is 0 Å². The van der Waals surface area contributed by atoms with Crippen molar-refractivity contribution in [1.82, 2.24) is 0 Å². The fraction of sp³-hybridized carbons (Fsp3) is 0.364. The number of para-hydroxylation sites is 1. The second kappa shape index (κ2) is 4.53. The summed E-state index contributed by atoms with van der Waals surface area (Å²) in [6, 6.07) is 7.74. The van der Waals surface area contributed by atoms with Gasteiger partial charge in [0.2, 0.25) is 0 Å². The summed E-state index contributed by atoms with van der Waals surface area (Å²) in [7, 11) is 0. The smallest absolute Gasteiger partial charge is 0.312 e. The van der Waals surface area contributed by atoms with Gasteiger partial charge in [-0.15, -0.1) is 12.4 Å². The molecule has 0 amide bonds. The highest BCUT2D eigenvalue weighted by Gasteiger charge is 2.32. The summed E-state index contributed by atoms with van der Waals surface area (Å²) in [6.07, 6.45) is 0. The normalized spacial score (nSPS) is 18.2. The van der Waals surface area contributed by atoms with Gasteiger partial charge in [-0.25, -0.2) is 0 Å². The molecule has 1 aliphatic heterocycles. The van der Waals surface area contributed by atoms with Crippen molar-refractivity contribution in [3.63, 3.8) is 0 Å². The molecule has 82 valence electrons. The molecule has 1 unspecified atom stereocenters. The zero-order valence-electron chi connectivity index (χ0n) is 8.51. The zero-order chi connectivity index (χ0) is 10.1. The minimum Gasteiger partial charge on any atom is -0.481 e. The summed E-state index contributed by atoms with van der Waals surface area (Å²) in [4.78, 5) is 13.1. The van der Waals surface area contributed by atoms with Crippen LogP contribution >= 0.6 is 12.4 Å². The van der Waals surface area contributed by atoms with E-state index < -0.39 is 5.97 Å². The number of anilines is 1. The molecule has 1 atom stereocenters. The maximum atomic E-state index is 11.0. The van der Waals surface area contributed by atoms with Crippen LogP contribution in [0.25, 0.3) is 0 Å². The van der Waals surface area contributed by atoms with E-state index in [1.54, 1.807) is 0 Å². The summed E-state index contributed by atoms with van der Waals surface area (Å²) in [6.45, 7) is 3.51. The first kappa shape index (κ1) is 11.9. The molecule has 0 aromatic heterocycles. The third kappa shape index (κ3) is 1.92. The second-order valence-electron chi connectivity index (χ2n) is 3.49. The van der Waals surface area contributed by atoms with Crippen LogP contribution in [0.1, 0.15) is 18.4 Å². The number of fused-ring (bicyclic) bond motifs is 1. The molecule has 0 saturated carbocycles. The van der Waals surface area contributed by atoms with Gasteiger partial charge in [0.25, 0.3) is 0 Å². The summed E-state index contributed by atoms with van der Waals surface area (Å²) in [5.41, 5.74) is 2.02. The van der Waals surface area contributed by atoms with E-state index in [2.05, 4.69) is 4.90 Å². The molecule has 0 bridgehead atoms. The van der Waals surface area contributed by atoms with Crippen molar-refractivity contribution in [3.8, 4) is 0 Å². The Bertz CT molecular complexity index is 367. The van der Waals surface area contributed by atoms with Crippen LogP contribution in [0.15, 0.2) is 24.3 Å². The molecule has 1 aromatic rings. The van der Waals surface area contributed by atoms with Crippen LogP contribution in [-0.2, 0) is 4.79 Å². The minimum atomic E-state index is -0.728. The van der Waals surface area contributed by atoms with E-state index in [4.69, 9.17) is 5.11 Å². The van der Waals surface area contributed by atoms with Crippen molar-refractivity contribution in [1.29, 1.82) is 0 Å². The Morgan fingerprint density at radius 2 is 2.20 bits per heavy atom. The van der Waals surface area contributed by atoms with Crippen molar-refractivity contribution in [2.24, 2.45) is 0 Å². The van der Waals surface area contributed by atoms with Crippen molar-refractivity contribution in [3.05, 3.63) is 29.8 Å². The molecule has 0 fully saturated rings. The Kier molecular flexibility index (Phi) is 3.58. The molecule has 0 saturated heterocycles. The molecule has 1 N–H and O–H groups in total. The van der Waals surface area contributed by atoms with Gasteiger partial charge in [-0.2, -0.15) is 0 Å².